The van der Waals surface area contributed by atoms with Crippen molar-refractivity contribution in [1.82, 2.24) is 9.88 Å². The second-order valence-electron chi connectivity index (χ2n) is 6.03. The number of unbranched alkanes of at least 4 members (excludes halogenated alkanes) is 1. The van der Waals surface area contributed by atoms with E-state index in [1.165, 1.54) is 18.2 Å². The number of amides is 1. The third-order valence-corrected chi connectivity index (χ3v) is 4.06. The number of carbonyl (C=O) groups excluding carboxylic acids is 1. The summed E-state index contributed by atoms with van der Waals surface area (Å²) in [6.45, 7) is 4.59. The maximum atomic E-state index is 12.9. The minimum atomic E-state index is -0.451. The van der Waals surface area contributed by atoms with Crippen LogP contribution >= 0.6 is 0 Å². The van der Waals surface area contributed by atoms with E-state index in [9.17, 15) is 19.1 Å². The molecular weight excluding hydrogens is 323 g/mol. The highest BCUT2D eigenvalue weighted by atomic mass is 19.1. The summed E-state index contributed by atoms with van der Waals surface area (Å²) in [6, 6.07) is 7.11. The van der Waals surface area contributed by atoms with Gasteiger partial charge in [-0.1, -0.05) is 25.5 Å². The number of aryl methyl sites for hydroxylation is 1. The lowest BCUT2D eigenvalue weighted by molar-refractivity contribution is -0.120. The molecule has 2 aromatic rings. The van der Waals surface area contributed by atoms with Crippen molar-refractivity contribution in [2.45, 2.75) is 46.2 Å². The Morgan fingerprint density at radius 3 is 2.60 bits per heavy atom. The van der Waals surface area contributed by atoms with Crippen LogP contribution in [0.2, 0.25) is 0 Å². The first-order chi connectivity index (χ1) is 11.9. The zero-order chi connectivity index (χ0) is 18.4. The second kappa shape index (κ2) is 8.46. The van der Waals surface area contributed by atoms with Gasteiger partial charge in [-0.15, -0.1) is 0 Å². The first-order valence-corrected chi connectivity index (χ1v) is 8.35. The van der Waals surface area contributed by atoms with E-state index >= 15 is 0 Å². The van der Waals surface area contributed by atoms with Gasteiger partial charge >= 0.3 is 0 Å². The number of nitrogens with one attached hydrogen (secondary N) is 1. The number of hydrogen-bond acceptors (Lipinski definition) is 3. The predicted octanol–water partition coefficient (Wildman–Crippen LogP) is 2.66. The van der Waals surface area contributed by atoms with Gasteiger partial charge in [-0.25, -0.2) is 4.39 Å². The molecule has 0 aliphatic rings. The van der Waals surface area contributed by atoms with Crippen molar-refractivity contribution in [3.63, 3.8) is 0 Å². The summed E-state index contributed by atoms with van der Waals surface area (Å²) in [6.07, 6.45) is 1.98. The monoisotopic (exact) mass is 346 g/mol. The van der Waals surface area contributed by atoms with Crippen LogP contribution in [0.4, 0.5) is 4.39 Å². The summed E-state index contributed by atoms with van der Waals surface area (Å²) in [5.74, 6) is -0.945. The first-order valence-electron chi connectivity index (χ1n) is 8.35. The fourth-order valence-electron chi connectivity index (χ4n) is 2.66. The lowest BCUT2D eigenvalue weighted by Gasteiger charge is -2.18. The van der Waals surface area contributed by atoms with Gasteiger partial charge in [-0.2, -0.15) is 0 Å². The molecule has 0 radical (unpaired) electrons. The van der Waals surface area contributed by atoms with Gasteiger partial charge in [-0.3, -0.25) is 9.59 Å². The molecule has 25 heavy (non-hydrogen) atoms. The topological polar surface area (TPSA) is 71.3 Å². The van der Waals surface area contributed by atoms with Gasteiger partial charge in [0.15, 0.2) is 5.75 Å². The van der Waals surface area contributed by atoms with Crippen molar-refractivity contribution in [2.75, 3.05) is 0 Å². The number of aromatic nitrogens is 1. The number of halogens is 1. The van der Waals surface area contributed by atoms with Crippen molar-refractivity contribution in [3.05, 3.63) is 63.3 Å². The molecule has 2 N–H and O–H groups in total. The minimum Gasteiger partial charge on any atom is -0.503 e. The van der Waals surface area contributed by atoms with E-state index < -0.39 is 5.43 Å². The zero-order valence-electron chi connectivity index (χ0n) is 14.5. The van der Waals surface area contributed by atoms with E-state index in [2.05, 4.69) is 12.2 Å². The summed E-state index contributed by atoms with van der Waals surface area (Å²) < 4.78 is 14.8. The molecule has 1 aromatic heterocycles. The van der Waals surface area contributed by atoms with Crippen LogP contribution in [-0.2, 0) is 24.3 Å². The summed E-state index contributed by atoms with van der Waals surface area (Å²) in [5, 5.41) is 12.8. The number of nitrogens with zero attached hydrogens (tertiary/aromatic N) is 1. The fourth-order valence-corrected chi connectivity index (χ4v) is 2.66. The Kier molecular flexibility index (Phi) is 6.33. The van der Waals surface area contributed by atoms with Gasteiger partial charge in [0.1, 0.15) is 5.82 Å². The minimum absolute atomic E-state index is 0.0620. The summed E-state index contributed by atoms with van der Waals surface area (Å²) in [4.78, 5) is 23.9. The molecule has 0 aliphatic carbocycles. The van der Waals surface area contributed by atoms with E-state index in [0.29, 0.717) is 17.8 Å². The normalized spacial score (nSPS) is 10.7. The van der Waals surface area contributed by atoms with Gasteiger partial charge in [0.05, 0.1) is 18.7 Å². The first kappa shape index (κ1) is 18.7. The Hall–Kier alpha value is -2.63. The quantitative estimate of drug-likeness (QED) is 0.810. The molecule has 0 fully saturated rings. The fraction of sp³-hybridized carbons (Fsp3) is 0.368. The summed E-state index contributed by atoms with van der Waals surface area (Å²) >= 11 is 0. The Morgan fingerprint density at radius 2 is 1.96 bits per heavy atom. The van der Waals surface area contributed by atoms with Crippen LogP contribution in [0.3, 0.4) is 0 Å². The zero-order valence-corrected chi connectivity index (χ0v) is 14.5. The van der Waals surface area contributed by atoms with E-state index in [1.54, 1.807) is 19.1 Å². The highest BCUT2D eigenvalue weighted by Gasteiger charge is 2.14. The number of rotatable bonds is 7. The third kappa shape index (κ3) is 4.92. The van der Waals surface area contributed by atoms with Gasteiger partial charge in [0.25, 0.3) is 0 Å². The Morgan fingerprint density at radius 1 is 1.28 bits per heavy atom. The smallest absolute Gasteiger partial charge is 0.224 e. The number of carbonyl (C=O) groups is 1. The molecule has 2 rings (SSSR count). The summed E-state index contributed by atoms with van der Waals surface area (Å²) in [5.41, 5.74) is 1.40. The number of hydrogen-bond donors (Lipinski definition) is 2. The van der Waals surface area contributed by atoms with Crippen molar-refractivity contribution in [2.24, 2.45) is 0 Å². The molecule has 0 bridgehead atoms. The highest BCUT2D eigenvalue weighted by molar-refractivity contribution is 5.78. The van der Waals surface area contributed by atoms with Crippen LogP contribution in [0.5, 0.6) is 5.75 Å². The molecule has 1 amide bonds. The molecule has 134 valence electrons. The van der Waals surface area contributed by atoms with E-state index in [-0.39, 0.29) is 30.4 Å². The van der Waals surface area contributed by atoms with Crippen molar-refractivity contribution >= 4 is 5.91 Å². The molecule has 6 heteroatoms. The van der Waals surface area contributed by atoms with Crippen LogP contribution in [0, 0.1) is 12.7 Å². The van der Waals surface area contributed by atoms with Crippen LogP contribution in [0.1, 0.15) is 36.7 Å². The maximum absolute atomic E-state index is 12.9. The molecule has 0 saturated heterocycles. The molecule has 0 unspecified atom stereocenters. The second-order valence-corrected chi connectivity index (χ2v) is 6.03. The SMILES string of the molecule is CCCCn1c(C)cc(=O)c(O)c1CNC(=O)Cc1ccc(F)cc1. The van der Waals surface area contributed by atoms with E-state index in [4.69, 9.17) is 0 Å². The molecule has 0 aliphatic heterocycles. The Balaban J connectivity index is 2.11. The molecular formula is C19H23FN2O3. The lowest BCUT2D eigenvalue weighted by Crippen LogP contribution is -2.28. The van der Waals surface area contributed by atoms with Gasteiger partial charge < -0.3 is 15.0 Å². The number of benzene rings is 1. The predicted molar refractivity (Wildman–Crippen MR) is 94.0 cm³/mol. The van der Waals surface area contributed by atoms with E-state index in [0.717, 1.165) is 18.5 Å². The molecule has 5 nitrogen and oxygen atoms in total. The van der Waals surface area contributed by atoms with Gasteiger partial charge in [-0.05, 0) is 31.0 Å². The molecule has 1 aromatic carbocycles. The van der Waals surface area contributed by atoms with Crippen LogP contribution < -0.4 is 10.7 Å². The van der Waals surface area contributed by atoms with Crippen LogP contribution in [-0.4, -0.2) is 15.6 Å². The Bertz CT molecular complexity index is 798. The van der Waals surface area contributed by atoms with Crippen LogP contribution in [0.15, 0.2) is 35.1 Å². The van der Waals surface area contributed by atoms with Crippen LogP contribution in [0.25, 0.3) is 0 Å². The highest BCUT2D eigenvalue weighted by Crippen LogP contribution is 2.15. The van der Waals surface area contributed by atoms with Crippen molar-refractivity contribution < 1.29 is 14.3 Å². The molecule has 0 atom stereocenters. The molecule has 0 spiro atoms. The van der Waals surface area contributed by atoms with E-state index in [1.807, 2.05) is 4.57 Å². The maximum Gasteiger partial charge on any atom is 0.224 e. The summed E-state index contributed by atoms with van der Waals surface area (Å²) in [7, 11) is 0. The number of pyridine rings is 1. The lowest BCUT2D eigenvalue weighted by atomic mass is 10.1. The third-order valence-electron chi connectivity index (χ3n) is 4.06. The average Bonchev–Trinajstić information content (AvgIpc) is 2.58. The van der Waals surface area contributed by atoms with Crippen molar-refractivity contribution in [3.8, 4) is 5.75 Å². The van der Waals surface area contributed by atoms with Gasteiger partial charge in [0.2, 0.25) is 11.3 Å². The van der Waals surface area contributed by atoms with Crippen molar-refractivity contribution in [1.29, 1.82) is 0 Å². The molecule has 1 heterocycles. The Labute approximate surface area is 146 Å². The standard InChI is InChI=1S/C19H23FN2O3/c1-3-4-9-22-13(2)10-17(23)19(25)16(22)12-21-18(24)11-14-5-7-15(20)8-6-14/h5-8,10,25H,3-4,9,11-12H2,1-2H3,(H,21,24). The largest absolute Gasteiger partial charge is 0.503 e. The van der Waals surface area contributed by atoms with Gasteiger partial charge in [0, 0.05) is 18.3 Å². The molecule has 0 saturated carbocycles. The number of aromatic hydroxyl groups is 1. The average molecular weight is 346 g/mol.